The van der Waals surface area contributed by atoms with Crippen molar-refractivity contribution in [1.29, 1.82) is 0 Å². The summed E-state index contributed by atoms with van der Waals surface area (Å²) in [5.74, 6) is 2.53. The third-order valence-corrected chi connectivity index (χ3v) is 5.00. The van der Waals surface area contributed by atoms with Gasteiger partial charge >= 0.3 is 0 Å². The number of nitrogens with zero attached hydrogens (tertiary/aromatic N) is 4. The average Bonchev–Trinajstić information content (AvgIpc) is 2.78. The third kappa shape index (κ3) is 4.27. The molecule has 2 fully saturated rings. The third-order valence-electron chi connectivity index (χ3n) is 5.00. The van der Waals surface area contributed by atoms with E-state index >= 15 is 0 Å². The summed E-state index contributed by atoms with van der Waals surface area (Å²) in [5.41, 5.74) is 0. The standard InChI is InChI=1S/C16H29N5/c1-14-17-16(19-18-14)15-6-10-21(11-7-15)13-12-20-8-4-2-3-5-9-20/h15H,2-13H2,1H3,(H,17,18,19). The minimum Gasteiger partial charge on any atom is -0.302 e. The molecule has 2 aliphatic rings. The van der Waals surface area contributed by atoms with Gasteiger partial charge in [-0.05, 0) is 58.8 Å². The molecule has 0 radical (unpaired) electrons. The van der Waals surface area contributed by atoms with E-state index in [1.807, 2.05) is 6.92 Å². The van der Waals surface area contributed by atoms with Gasteiger partial charge in [0.25, 0.3) is 0 Å². The lowest BCUT2D eigenvalue weighted by molar-refractivity contribution is 0.173. The fourth-order valence-electron chi connectivity index (χ4n) is 3.60. The Balaban J connectivity index is 1.39. The van der Waals surface area contributed by atoms with Crippen molar-refractivity contribution in [3.8, 4) is 0 Å². The maximum atomic E-state index is 4.50. The Bertz CT molecular complexity index is 414. The maximum absolute atomic E-state index is 4.50. The Kier molecular flexibility index (Phi) is 5.25. The maximum Gasteiger partial charge on any atom is 0.153 e. The summed E-state index contributed by atoms with van der Waals surface area (Å²) < 4.78 is 0. The van der Waals surface area contributed by atoms with Gasteiger partial charge in [0.15, 0.2) is 5.82 Å². The molecule has 3 rings (SSSR count). The van der Waals surface area contributed by atoms with Crippen LogP contribution in [0.5, 0.6) is 0 Å². The van der Waals surface area contributed by atoms with E-state index in [1.165, 1.54) is 77.8 Å². The zero-order chi connectivity index (χ0) is 14.5. The molecule has 5 nitrogen and oxygen atoms in total. The molecule has 5 heteroatoms. The average molecular weight is 291 g/mol. The summed E-state index contributed by atoms with van der Waals surface area (Å²) in [5, 5.41) is 7.30. The quantitative estimate of drug-likeness (QED) is 0.923. The van der Waals surface area contributed by atoms with E-state index in [4.69, 9.17) is 0 Å². The first-order chi connectivity index (χ1) is 10.3. The van der Waals surface area contributed by atoms with Crippen molar-refractivity contribution in [2.75, 3.05) is 39.3 Å². The van der Waals surface area contributed by atoms with Gasteiger partial charge in [-0.15, -0.1) is 0 Å². The minimum atomic E-state index is 0.560. The van der Waals surface area contributed by atoms with Crippen LogP contribution in [0.3, 0.4) is 0 Å². The minimum absolute atomic E-state index is 0.560. The molecule has 0 aliphatic carbocycles. The first-order valence-corrected chi connectivity index (χ1v) is 8.65. The van der Waals surface area contributed by atoms with Gasteiger partial charge in [0.1, 0.15) is 5.82 Å². The van der Waals surface area contributed by atoms with Gasteiger partial charge in [-0.1, -0.05) is 12.8 Å². The molecule has 0 unspecified atom stereocenters. The second kappa shape index (κ2) is 7.36. The van der Waals surface area contributed by atoms with E-state index in [1.54, 1.807) is 0 Å². The van der Waals surface area contributed by atoms with Crippen LogP contribution in [0.15, 0.2) is 0 Å². The number of rotatable bonds is 4. The van der Waals surface area contributed by atoms with Crippen LogP contribution in [0.1, 0.15) is 56.1 Å². The molecule has 1 N–H and O–H groups in total. The highest BCUT2D eigenvalue weighted by molar-refractivity contribution is 4.99. The highest BCUT2D eigenvalue weighted by Gasteiger charge is 2.23. The largest absolute Gasteiger partial charge is 0.302 e. The van der Waals surface area contributed by atoms with Crippen LogP contribution in [0, 0.1) is 6.92 Å². The van der Waals surface area contributed by atoms with Gasteiger partial charge in [0, 0.05) is 19.0 Å². The van der Waals surface area contributed by atoms with E-state index in [2.05, 4.69) is 25.0 Å². The summed E-state index contributed by atoms with van der Waals surface area (Å²) in [6.07, 6.45) is 8.06. The molecular formula is C16H29N5. The molecule has 0 saturated carbocycles. The smallest absolute Gasteiger partial charge is 0.153 e. The Morgan fingerprint density at radius 2 is 1.57 bits per heavy atom. The molecule has 2 aliphatic heterocycles. The van der Waals surface area contributed by atoms with E-state index in [0.29, 0.717) is 5.92 Å². The molecule has 2 saturated heterocycles. The molecule has 0 aromatic carbocycles. The van der Waals surface area contributed by atoms with Gasteiger partial charge in [-0.25, -0.2) is 4.98 Å². The van der Waals surface area contributed by atoms with Crippen LogP contribution in [0.4, 0.5) is 0 Å². The van der Waals surface area contributed by atoms with Crippen LogP contribution in [0.2, 0.25) is 0 Å². The number of hydrogen-bond donors (Lipinski definition) is 1. The van der Waals surface area contributed by atoms with Crippen molar-refractivity contribution < 1.29 is 0 Å². The lowest BCUT2D eigenvalue weighted by Gasteiger charge is -2.32. The van der Waals surface area contributed by atoms with Gasteiger partial charge in [-0.3, -0.25) is 5.10 Å². The fourth-order valence-corrected chi connectivity index (χ4v) is 3.60. The molecule has 0 spiro atoms. The first kappa shape index (κ1) is 15.0. The van der Waals surface area contributed by atoms with Crippen molar-refractivity contribution in [3.05, 3.63) is 11.6 Å². The summed E-state index contributed by atoms with van der Waals surface area (Å²) in [4.78, 5) is 9.79. The number of H-pyrrole nitrogens is 1. The predicted octanol–water partition coefficient (Wildman–Crippen LogP) is 2.17. The second-order valence-electron chi connectivity index (χ2n) is 6.65. The molecule has 0 amide bonds. The number of aryl methyl sites for hydroxylation is 1. The van der Waals surface area contributed by atoms with Crippen molar-refractivity contribution in [3.63, 3.8) is 0 Å². The number of hydrogen-bond acceptors (Lipinski definition) is 4. The number of likely N-dealkylation sites (tertiary alicyclic amines) is 2. The van der Waals surface area contributed by atoms with E-state index in [-0.39, 0.29) is 0 Å². The molecule has 1 aromatic rings. The van der Waals surface area contributed by atoms with Gasteiger partial charge in [0.2, 0.25) is 0 Å². The van der Waals surface area contributed by atoms with Crippen molar-refractivity contribution in [2.24, 2.45) is 0 Å². The molecule has 1 aromatic heterocycles. The molecule has 3 heterocycles. The molecule has 21 heavy (non-hydrogen) atoms. The van der Waals surface area contributed by atoms with E-state index < -0.39 is 0 Å². The van der Waals surface area contributed by atoms with Gasteiger partial charge in [-0.2, -0.15) is 5.10 Å². The molecule has 0 bridgehead atoms. The predicted molar refractivity (Wildman–Crippen MR) is 84.4 cm³/mol. The zero-order valence-electron chi connectivity index (χ0n) is 13.4. The SMILES string of the molecule is Cc1nc(C2CCN(CCN3CCCCCC3)CC2)n[nH]1. The van der Waals surface area contributed by atoms with Crippen molar-refractivity contribution in [1.82, 2.24) is 25.0 Å². The van der Waals surface area contributed by atoms with Crippen LogP contribution < -0.4 is 0 Å². The first-order valence-electron chi connectivity index (χ1n) is 8.65. The topological polar surface area (TPSA) is 48.1 Å². The van der Waals surface area contributed by atoms with E-state index in [9.17, 15) is 0 Å². The lowest BCUT2D eigenvalue weighted by Crippen LogP contribution is -2.39. The summed E-state index contributed by atoms with van der Waals surface area (Å²) in [6, 6.07) is 0. The Labute approximate surface area is 128 Å². The highest BCUT2D eigenvalue weighted by Crippen LogP contribution is 2.25. The lowest BCUT2D eigenvalue weighted by atomic mass is 9.96. The molecule has 0 atom stereocenters. The van der Waals surface area contributed by atoms with Crippen molar-refractivity contribution in [2.45, 2.75) is 51.4 Å². The number of nitrogens with one attached hydrogen (secondary N) is 1. The monoisotopic (exact) mass is 291 g/mol. The Hall–Kier alpha value is -0.940. The normalized spacial score (nSPS) is 23.3. The summed E-state index contributed by atoms with van der Waals surface area (Å²) >= 11 is 0. The van der Waals surface area contributed by atoms with Crippen molar-refractivity contribution >= 4 is 0 Å². The Morgan fingerprint density at radius 1 is 0.952 bits per heavy atom. The van der Waals surface area contributed by atoms with Crippen LogP contribution in [-0.2, 0) is 0 Å². The second-order valence-corrected chi connectivity index (χ2v) is 6.65. The zero-order valence-corrected chi connectivity index (χ0v) is 13.4. The van der Waals surface area contributed by atoms with Crippen LogP contribution in [-0.4, -0.2) is 64.2 Å². The fraction of sp³-hybridized carbons (Fsp3) is 0.875. The molecular weight excluding hydrogens is 262 g/mol. The number of aromatic nitrogens is 3. The number of piperidine rings is 1. The van der Waals surface area contributed by atoms with Crippen LogP contribution in [0.25, 0.3) is 0 Å². The van der Waals surface area contributed by atoms with E-state index in [0.717, 1.165) is 11.6 Å². The highest BCUT2D eigenvalue weighted by atomic mass is 15.2. The summed E-state index contributed by atoms with van der Waals surface area (Å²) in [6.45, 7) is 9.50. The summed E-state index contributed by atoms with van der Waals surface area (Å²) in [7, 11) is 0. The van der Waals surface area contributed by atoms with Crippen LogP contribution >= 0.6 is 0 Å². The Morgan fingerprint density at radius 3 is 2.14 bits per heavy atom. The van der Waals surface area contributed by atoms with Gasteiger partial charge in [0.05, 0.1) is 0 Å². The number of aromatic amines is 1. The van der Waals surface area contributed by atoms with Gasteiger partial charge < -0.3 is 9.80 Å². The molecule has 118 valence electrons.